The Morgan fingerprint density at radius 2 is 2.09 bits per heavy atom. The number of aromatic nitrogens is 1. The van der Waals surface area contributed by atoms with E-state index >= 15 is 0 Å². The third-order valence-electron chi connectivity index (χ3n) is 3.96. The number of rotatable bonds is 4. The molecule has 1 saturated heterocycles. The summed E-state index contributed by atoms with van der Waals surface area (Å²) in [5.74, 6) is -1.83. The molecule has 5 nitrogen and oxygen atoms in total. The molecule has 1 N–H and O–H groups in total. The Balaban J connectivity index is 1.69. The van der Waals surface area contributed by atoms with Gasteiger partial charge in [-0.1, -0.05) is 5.16 Å². The van der Waals surface area contributed by atoms with Crippen LogP contribution in [-0.2, 0) is 6.54 Å². The van der Waals surface area contributed by atoms with Gasteiger partial charge in [-0.15, -0.1) is 0 Å². The van der Waals surface area contributed by atoms with Crippen molar-refractivity contribution in [1.82, 2.24) is 10.1 Å². The molecule has 0 bridgehead atoms. The van der Waals surface area contributed by atoms with Gasteiger partial charge in [0.2, 0.25) is 0 Å². The van der Waals surface area contributed by atoms with Crippen LogP contribution in [0.25, 0.3) is 0 Å². The van der Waals surface area contributed by atoms with Crippen LogP contribution >= 0.6 is 0 Å². The van der Waals surface area contributed by atoms with Crippen molar-refractivity contribution in [2.24, 2.45) is 0 Å². The highest BCUT2D eigenvalue weighted by Gasteiger charge is 2.18. The molecule has 0 atom stereocenters. The molecule has 1 aliphatic heterocycles. The molecule has 23 heavy (non-hydrogen) atoms. The Hall–Kier alpha value is -2.28. The molecule has 7 heteroatoms. The predicted molar refractivity (Wildman–Crippen MR) is 80.1 cm³/mol. The van der Waals surface area contributed by atoms with Crippen LogP contribution < -0.4 is 5.32 Å². The number of hydrogen-bond acceptors (Lipinski definition) is 4. The molecule has 0 radical (unpaired) electrons. The predicted octanol–water partition coefficient (Wildman–Crippen LogP) is 3.11. The van der Waals surface area contributed by atoms with Crippen molar-refractivity contribution in [3.63, 3.8) is 0 Å². The van der Waals surface area contributed by atoms with Crippen LogP contribution in [0.2, 0.25) is 0 Å². The molecule has 1 aromatic carbocycles. The molecule has 1 aromatic heterocycles. The maximum Gasteiger partial charge on any atom is 0.277 e. The van der Waals surface area contributed by atoms with Gasteiger partial charge in [0.05, 0.1) is 6.54 Å². The van der Waals surface area contributed by atoms with Crippen molar-refractivity contribution in [3.05, 3.63) is 46.9 Å². The highest BCUT2D eigenvalue weighted by Crippen LogP contribution is 2.21. The van der Waals surface area contributed by atoms with E-state index in [-0.39, 0.29) is 16.9 Å². The Morgan fingerprint density at radius 1 is 1.35 bits per heavy atom. The first kappa shape index (κ1) is 15.6. The summed E-state index contributed by atoms with van der Waals surface area (Å²) in [5, 5.41) is 6.26. The van der Waals surface area contributed by atoms with Crippen molar-refractivity contribution in [3.8, 4) is 0 Å². The van der Waals surface area contributed by atoms with E-state index in [0.717, 1.165) is 32.0 Å². The average molecular weight is 321 g/mol. The third-order valence-corrected chi connectivity index (χ3v) is 3.96. The molecule has 122 valence electrons. The molecule has 2 heterocycles. The van der Waals surface area contributed by atoms with Crippen molar-refractivity contribution in [1.29, 1.82) is 0 Å². The second-order valence-electron chi connectivity index (χ2n) is 5.65. The van der Waals surface area contributed by atoms with E-state index in [4.69, 9.17) is 4.52 Å². The van der Waals surface area contributed by atoms with Crippen LogP contribution in [0.3, 0.4) is 0 Å². The summed E-state index contributed by atoms with van der Waals surface area (Å²) in [4.78, 5) is 14.4. The maximum absolute atomic E-state index is 13.5. The largest absolute Gasteiger partial charge is 0.359 e. The zero-order valence-electron chi connectivity index (χ0n) is 12.7. The highest BCUT2D eigenvalue weighted by molar-refractivity contribution is 6.03. The molecule has 2 aromatic rings. The number of carbonyl (C=O) groups is 1. The second kappa shape index (κ2) is 6.45. The average Bonchev–Trinajstić information content (AvgIpc) is 3.20. The molecule has 3 rings (SSSR count). The summed E-state index contributed by atoms with van der Waals surface area (Å²) in [6.07, 6.45) is 2.33. The maximum atomic E-state index is 13.5. The van der Waals surface area contributed by atoms with E-state index in [1.54, 1.807) is 6.07 Å². The van der Waals surface area contributed by atoms with Gasteiger partial charge >= 0.3 is 0 Å². The lowest BCUT2D eigenvalue weighted by atomic mass is 10.1. The Kier molecular flexibility index (Phi) is 4.38. The summed E-state index contributed by atoms with van der Waals surface area (Å²) in [6, 6.07) is 3.86. The van der Waals surface area contributed by atoms with E-state index < -0.39 is 17.5 Å². The summed E-state index contributed by atoms with van der Waals surface area (Å²) in [5.41, 5.74) is 0.362. The van der Waals surface area contributed by atoms with Gasteiger partial charge in [0, 0.05) is 17.3 Å². The zero-order valence-corrected chi connectivity index (χ0v) is 12.7. The zero-order chi connectivity index (χ0) is 16.4. The molecule has 0 saturated carbocycles. The number of nitrogens with one attached hydrogen (secondary N) is 1. The SMILES string of the molecule is Cc1c(NC(=O)c2cc(CN3CCCC3)on2)ccc(F)c1F. The molecule has 0 aliphatic carbocycles. The minimum atomic E-state index is -0.974. The molecule has 1 amide bonds. The third kappa shape index (κ3) is 3.39. The van der Waals surface area contributed by atoms with E-state index in [1.165, 1.54) is 13.0 Å². The van der Waals surface area contributed by atoms with Crippen molar-refractivity contribution in [2.45, 2.75) is 26.3 Å². The molecular weight excluding hydrogens is 304 g/mol. The number of carbonyl (C=O) groups excluding carboxylic acids is 1. The molecular formula is C16H17F2N3O2. The van der Waals surface area contributed by atoms with Crippen LogP contribution in [0.4, 0.5) is 14.5 Å². The van der Waals surface area contributed by atoms with Crippen molar-refractivity contribution >= 4 is 11.6 Å². The van der Waals surface area contributed by atoms with Crippen LogP contribution in [0.5, 0.6) is 0 Å². The highest BCUT2D eigenvalue weighted by atomic mass is 19.2. The van der Waals surface area contributed by atoms with Gasteiger partial charge in [0.15, 0.2) is 23.1 Å². The first-order chi connectivity index (χ1) is 11.0. The normalized spacial score (nSPS) is 15.1. The first-order valence-electron chi connectivity index (χ1n) is 7.48. The van der Waals surface area contributed by atoms with Crippen LogP contribution in [0.15, 0.2) is 22.7 Å². The van der Waals surface area contributed by atoms with E-state index in [0.29, 0.717) is 12.3 Å². The molecule has 0 unspecified atom stereocenters. The number of likely N-dealkylation sites (tertiary alicyclic amines) is 1. The van der Waals surface area contributed by atoms with Crippen LogP contribution in [0, 0.1) is 18.6 Å². The fourth-order valence-electron chi connectivity index (χ4n) is 2.63. The van der Waals surface area contributed by atoms with Crippen LogP contribution in [-0.4, -0.2) is 29.1 Å². The number of nitrogens with zero attached hydrogens (tertiary/aromatic N) is 2. The number of anilines is 1. The summed E-state index contributed by atoms with van der Waals surface area (Å²) < 4.78 is 31.8. The Bertz CT molecular complexity index is 724. The van der Waals surface area contributed by atoms with E-state index in [1.807, 2.05) is 0 Å². The lowest BCUT2D eigenvalue weighted by Gasteiger charge is -2.10. The Labute approximate surface area is 132 Å². The van der Waals surface area contributed by atoms with E-state index in [9.17, 15) is 13.6 Å². The van der Waals surface area contributed by atoms with Gasteiger partial charge in [-0.2, -0.15) is 0 Å². The van der Waals surface area contributed by atoms with Gasteiger partial charge < -0.3 is 9.84 Å². The standard InChI is InChI=1S/C16H17F2N3O2/c1-10-13(5-4-12(17)15(10)18)19-16(22)14-8-11(23-20-14)9-21-6-2-3-7-21/h4-5,8H,2-3,6-7,9H2,1H3,(H,19,22). The first-order valence-corrected chi connectivity index (χ1v) is 7.48. The van der Waals surface area contributed by atoms with Crippen molar-refractivity contribution < 1.29 is 18.1 Å². The van der Waals surface area contributed by atoms with Crippen molar-refractivity contribution in [2.75, 3.05) is 18.4 Å². The quantitative estimate of drug-likeness (QED) is 0.940. The van der Waals surface area contributed by atoms with Crippen LogP contribution in [0.1, 0.15) is 34.7 Å². The van der Waals surface area contributed by atoms with Gasteiger partial charge in [-0.3, -0.25) is 9.69 Å². The van der Waals surface area contributed by atoms with Gasteiger partial charge in [0.1, 0.15) is 0 Å². The van der Waals surface area contributed by atoms with E-state index in [2.05, 4.69) is 15.4 Å². The summed E-state index contributed by atoms with van der Waals surface area (Å²) in [7, 11) is 0. The lowest BCUT2D eigenvalue weighted by Crippen LogP contribution is -2.18. The summed E-state index contributed by atoms with van der Waals surface area (Å²) in [6.45, 7) is 4.03. The van der Waals surface area contributed by atoms with Gasteiger partial charge in [0.25, 0.3) is 5.91 Å². The monoisotopic (exact) mass is 321 g/mol. The smallest absolute Gasteiger partial charge is 0.277 e. The second-order valence-corrected chi connectivity index (χ2v) is 5.65. The topological polar surface area (TPSA) is 58.4 Å². The minimum absolute atomic E-state index is 0.0409. The number of hydrogen-bond donors (Lipinski definition) is 1. The van der Waals surface area contributed by atoms with Gasteiger partial charge in [-0.05, 0) is 45.0 Å². The molecule has 1 aliphatic rings. The minimum Gasteiger partial charge on any atom is -0.359 e. The fourth-order valence-corrected chi connectivity index (χ4v) is 2.63. The summed E-state index contributed by atoms with van der Waals surface area (Å²) >= 11 is 0. The fraction of sp³-hybridized carbons (Fsp3) is 0.375. The lowest BCUT2D eigenvalue weighted by molar-refractivity contribution is 0.101. The number of benzene rings is 1. The molecule has 1 fully saturated rings. The number of amides is 1. The molecule has 0 spiro atoms. The number of halogens is 2. The van der Waals surface area contributed by atoms with Gasteiger partial charge in [-0.25, -0.2) is 8.78 Å². The Morgan fingerprint density at radius 3 is 2.83 bits per heavy atom.